The number of carbonyl (C=O) groups excluding carboxylic acids is 3. The lowest BCUT2D eigenvalue weighted by Crippen LogP contribution is -2.60. The number of cyclic esters (lactones) is 2. The zero-order valence-electron chi connectivity index (χ0n) is 20.0. The van der Waals surface area contributed by atoms with Crippen molar-refractivity contribution >= 4 is 17.9 Å². The number of rotatable bonds is 0. The highest BCUT2D eigenvalue weighted by atomic mass is 16.6. The summed E-state index contributed by atoms with van der Waals surface area (Å²) < 4.78 is 29.2. The summed E-state index contributed by atoms with van der Waals surface area (Å²) in [6, 6.07) is 0. The Morgan fingerprint density at radius 2 is 1.80 bits per heavy atom. The number of ether oxygens (including phenoxy) is 5. The Hall–Kier alpha value is -2.49. The van der Waals surface area contributed by atoms with E-state index < -0.39 is 47.0 Å². The number of carbonyl (C=O) groups is 3. The van der Waals surface area contributed by atoms with Crippen molar-refractivity contribution in [1.29, 1.82) is 0 Å². The third kappa shape index (κ3) is 4.34. The van der Waals surface area contributed by atoms with Crippen molar-refractivity contribution in [3.8, 4) is 0 Å². The maximum atomic E-state index is 12.8. The average Bonchev–Trinajstić information content (AvgIpc) is 3.56. The summed E-state index contributed by atoms with van der Waals surface area (Å²) in [6.45, 7) is 4.32. The molecule has 2 aliphatic carbocycles. The predicted octanol–water partition coefficient (Wildman–Crippen LogP) is 1.78. The Kier molecular flexibility index (Phi) is 6.35. The van der Waals surface area contributed by atoms with E-state index in [4.69, 9.17) is 23.7 Å². The molecule has 3 heterocycles. The summed E-state index contributed by atoms with van der Waals surface area (Å²) in [4.78, 5) is 37.3. The van der Waals surface area contributed by atoms with E-state index in [-0.39, 0.29) is 31.3 Å². The number of hydrogen-bond acceptors (Lipinski definition) is 9. The molecule has 5 rings (SSSR count). The number of epoxide rings is 1. The number of esters is 3. The Bertz CT molecular complexity index is 977. The second-order valence-corrected chi connectivity index (χ2v) is 10.4. The lowest BCUT2D eigenvalue weighted by atomic mass is 9.60. The van der Waals surface area contributed by atoms with Crippen molar-refractivity contribution in [2.45, 2.75) is 69.5 Å². The van der Waals surface area contributed by atoms with Gasteiger partial charge in [-0.05, 0) is 32.1 Å². The summed E-state index contributed by atoms with van der Waals surface area (Å²) in [5.74, 6) is -2.53. The molecule has 6 unspecified atom stereocenters. The van der Waals surface area contributed by atoms with E-state index in [1.54, 1.807) is 6.92 Å². The van der Waals surface area contributed by atoms with Crippen LogP contribution in [0.15, 0.2) is 36.0 Å². The molecule has 3 fully saturated rings. The SMILES string of the molecule is CC1=CC2OC3CC4OC(=O)C=CC=CC(=O)OCCC(C)C(O)C(=O)OC[C@@]2(CC1)C4[C@@]31CO1. The van der Waals surface area contributed by atoms with E-state index in [0.717, 1.165) is 6.42 Å². The second kappa shape index (κ2) is 9.19. The number of aliphatic hydroxyl groups excluding tert-OH is 1. The fourth-order valence-electron chi connectivity index (χ4n) is 6.19. The van der Waals surface area contributed by atoms with Crippen LogP contribution in [0.4, 0.5) is 0 Å². The van der Waals surface area contributed by atoms with Gasteiger partial charge in [-0.3, -0.25) is 0 Å². The highest BCUT2D eigenvalue weighted by Gasteiger charge is 2.76. The topological polar surface area (TPSA) is 121 Å². The smallest absolute Gasteiger partial charge is 0.335 e. The Morgan fingerprint density at radius 3 is 2.54 bits per heavy atom. The summed E-state index contributed by atoms with van der Waals surface area (Å²) in [5.41, 5.74) is -0.00513. The number of aliphatic hydroxyl groups is 1. The van der Waals surface area contributed by atoms with Crippen molar-refractivity contribution in [3.63, 3.8) is 0 Å². The first-order valence-corrected chi connectivity index (χ1v) is 12.3. The van der Waals surface area contributed by atoms with Crippen molar-refractivity contribution in [1.82, 2.24) is 0 Å². The average molecular weight is 489 g/mol. The van der Waals surface area contributed by atoms with Crippen LogP contribution in [-0.4, -0.2) is 72.9 Å². The van der Waals surface area contributed by atoms with E-state index in [1.807, 2.05) is 0 Å². The van der Waals surface area contributed by atoms with Crippen LogP contribution in [0.3, 0.4) is 0 Å². The molecular formula is C26H32O9. The lowest BCUT2D eigenvalue weighted by molar-refractivity contribution is -0.199. The fourth-order valence-corrected chi connectivity index (χ4v) is 6.19. The fraction of sp³-hybridized carbons (Fsp3) is 0.654. The Morgan fingerprint density at radius 1 is 1.06 bits per heavy atom. The molecule has 0 aromatic rings. The summed E-state index contributed by atoms with van der Waals surface area (Å²) in [6.07, 6.45) is 7.29. The van der Waals surface area contributed by atoms with Gasteiger partial charge in [-0.15, -0.1) is 0 Å². The maximum absolute atomic E-state index is 12.8. The molecule has 0 aromatic carbocycles. The van der Waals surface area contributed by atoms with Gasteiger partial charge in [0.25, 0.3) is 0 Å². The first-order valence-electron chi connectivity index (χ1n) is 12.3. The molecule has 190 valence electrons. The van der Waals surface area contributed by atoms with Crippen LogP contribution in [0.25, 0.3) is 0 Å². The van der Waals surface area contributed by atoms with Crippen molar-refractivity contribution in [3.05, 3.63) is 36.0 Å². The predicted molar refractivity (Wildman–Crippen MR) is 121 cm³/mol. The molecule has 2 spiro atoms. The van der Waals surface area contributed by atoms with Gasteiger partial charge < -0.3 is 28.8 Å². The van der Waals surface area contributed by atoms with Crippen LogP contribution in [0.1, 0.15) is 39.5 Å². The van der Waals surface area contributed by atoms with E-state index in [0.29, 0.717) is 25.9 Å². The first-order chi connectivity index (χ1) is 16.7. The highest BCUT2D eigenvalue weighted by Crippen LogP contribution is 2.65. The van der Waals surface area contributed by atoms with Gasteiger partial charge in [0.15, 0.2) is 6.10 Å². The minimum atomic E-state index is -1.36. The number of allylic oxidation sites excluding steroid dienone is 3. The highest BCUT2D eigenvalue weighted by molar-refractivity contribution is 5.84. The molecule has 0 aromatic heterocycles. The lowest BCUT2D eigenvalue weighted by Gasteiger charge is -2.52. The summed E-state index contributed by atoms with van der Waals surface area (Å²) >= 11 is 0. The van der Waals surface area contributed by atoms with E-state index in [1.165, 1.54) is 29.9 Å². The Labute approximate surface area is 204 Å². The standard InChI is InChI=1S/C26H32O9/c1-15-7-9-25-13-32-24(30)22(29)16(2)8-10-31-20(27)5-3-4-6-21(28)34-17-12-19(35-18(25)11-15)26(14-33-26)23(17)25/h3-6,11,16-19,22-23,29H,7-10,12-14H2,1-2H3/t16?,17?,18?,19?,22?,23?,25-,26-/m1/s1. The minimum absolute atomic E-state index is 0.0220. The molecule has 8 atom stereocenters. The zero-order chi connectivity index (χ0) is 24.8. The molecule has 35 heavy (non-hydrogen) atoms. The van der Waals surface area contributed by atoms with Crippen LogP contribution in [0.5, 0.6) is 0 Å². The van der Waals surface area contributed by atoms with Crippen LogP contribution in [0.2, 0.25) is 0 Å². The van der Waals surface area contributed by atoms with Crippen molar-refractivity contribution in [2.75, 3.05) is 19.8 Å². The van der Waals surface area contributed by atoms with Crippen LogP contribution >= 0.6 is 0 Å². The zero-order valence-corrected chi connectivity index (χ0v) is 20.0. The van der Waals surface area contributed by atoms with Crippen molar-refractivity contribution < 1.29 is 43.2 Å². The van der Waals surface area contributed by atoms with Gasteiger partial charge in [-0.1, -0.05) is 30.7 Å². The molecule has 1 saturated carbocycles. The molecule has 2 bridgehead atoms. The molecule has 0 amide bonds. The van der Waals surface area contributed by atoms with Crippen LogP contribution in [0, 0.1) is 17.3 Å². The third-order valence-electron chi connectivity index (χ3n) is 8.21. The minimum Gasteiger partial charge on any atom is -0.463 e. The van der Waals surface area contributed by atoms with Gasteiger partial charge in [-0.2, -0.15) is 0 Å². The normalized spacial score (nSPS) is 43.9. The van der Waals surface area contributed by atoms with Gasteiger partial charge in [0.2, 0.25) is 0 Å². The van der Waals surface area contributed by atoms with Gasteiger partial charge in [0.05, 0.1) is 25.4 Å². The van der Waals surface area contributed by atoms with Gasteiger partial charge >= 0.3 is 17.9 Å². The molecule has 3 aliphatic heterocycles. The first kappa shape index (κ1) is 24.2. The maximum Gasteiger partial charge on any atom is 0.335 e. The van der Waals surface area contributed by atoms with Crippen LogP contribution < -0.4 is 0 Å². The summed E-state index contributed by atoms with van der Waals surface area (Å²) in [7, 11) is 0. The van der Waals surface area contributed by atoms with Crippen LogP contribution in [-0.2, 0) is 38.1 Å². The molecule has 2 saturated heterocycles. The summed E-state index contributed by atoms with van der Waals surface area (Å²) in [5, 5.41) is 10.6. The molecule has 9 nitrogen and oxygen atoms in total. The van der Waals surface area contributed by atoms with Gasteiger partial charge in [0, 0.05) is 29.9 Å². The monoisotopic (exact) mass is 488 g/mol. The largest absolute Gasteiger partial charge is 0.463 e. The van der Waals surface area contributed by atoms with E-state index in [9.17, 15) is 19.5 Å². The number of hydrogen-bond donors (Lipinski definition) is 1. The van der Waals surface area contributed by atoms with Gasteiger partial charge in [-0.25, -0.2) is 14.4 Å². The molecule has 1 N–H and O–H groups in total. The second-order valence-electron chi connectivity index (χ2n) is 10.4. The molecule has 0 radical (unpaired) electrons. The van der Waals surface area contributed by atoms with E-state index >= 15 is 0 Å². The van der Waals surface area contributed by atoms with Crippen molar-refractivity contribution in [2.24, 2.45) is 17.3 Å². The molecular weight excluding hydrogens is 456 g/mol. The van der Waals surface area contributed by atoms with Gasteiger partial charge in [0.1, 0.15) is 18.3 Å². The quantitative estimate of drug-likeness (QED) is 0.235. The molecule has 5 aliphatic rings. The molecule has 9 heteroatoms. The van der Waals surface area contributed by atoms with E-state index in [2.05, 4.69) is 13.0 Å². The Balaban J connectivity index is 1.48. The third-order valence-corrected chi connectivity index (χ3v) is 8.21.